The predicted molar refractivity (Wildman–Crippen MR) is 114 cm³/mol. The first-order valence-electron chi connectivity index (χ1n) is 10.3. The Bertz CT molecular complexity index is 1030. The van der Waals surface area contributed by atoms with Crippen LogP contribution in [0.2, 0.25) is 0 Å². The van der Waals surface area contributed by atoms with Gasteiger partial charge in [-0.25, -0.2) is 4.79 Å². The summed E-state index contributed by atoms with van der Waals surface area (Å²) in [7, 11) is 3.07. The van der Waals surface area contributed by atoms with Gasteiger partial charge in [0.05, 0.1) is 25.3 Å². The van der Waals surface area contributed by atoms with Crippen LogP contribution in [0.4, 0.5) is 13.2 Å². The van der Waals surface area contributed by atoms with E-state index < -0.39 is 29.4 Å². The minimum Gasteiger partial charge on any atom is -0.461 e. The van der Waals surface area contributed by atoms with Crippen LogP contribution in [0.1, 0.15) is 54.9 Å². The van der Waals surface area contributed by atoms with E-state index in [4.69, 9.17) is 9.47 Å². The molecule has 1 heterocycles. The van der Waals surface area contributed by atoms with Gasteiger partial charge in [0.25, 0.3) is 5.91 Å². The van der Waals surface area contributed by atoms with Crippen LogP contribution in [0.15, 0.2) is 24.3 Å². The number of esters is 1. The first-order chi connectivity index (χ1) is 15.4. The van der Waals surface area contributed by atoms with Crippen LogP contribution in [-0.4, -0.2) is 60.5 Å². The molecule has 0 radical (unpaired) electrons. The molecule has 2 rings (SSSR count). The molecule has 0 aliphatic rings. The Morgan fingerprint density at radius 2 is 1.70 bits per heavy atom. The van der Waals surface area contributed by atoms with Gasteiger partial charge < -0.3 is 18.9 Å². The molecular formula is C23H27F3N2O5. The Balaban J connectivity index is 2.34. The fraction of sp³-hybridized carbons (Fsp3) is 0.435. The zero-order chi connectivity index (χ0) is 24.9. The maximum atomic E-state index is 13.2. The molecule has 7 nitrogen and oxygen atoms in total. The van der Waals surface area contributed by atoms with Crippen molar-refractivity contribution >= 4 is 17.7 Å². The Morgan fingerprint density at radius 3 is 2.21 bits per heavy atom. The molecule has 0 fully saturated rings. The SMILES string of the molecule is CCOC(=O)c1c(C)c(C(=O)CN(CCOC)C(=O)c2ccc(C(F)(F)F)cc2)c(C)n1C. The number of ketones is 1. The molecule has 10 heteroatoms. The van der Waals surface area contributed by atoms with E-state index in [-0.39, 0.29) is 37.6 Å². The molecule has 33 heavy (non-hydrogen) atoms. The van der Waals surface area contributed by atoms with Crippen molar-refractivity contribution in [2.24, 2.45) is 7.05 Å². The lowest BCUT2D eigenvalue weighted by molar-refractivity contribution is -0.137. The monoisotopic (exact) mass is 468 g/mol. The van der Waals surface area contributed by atoms with Gasteiger partial charge in [0.15, 0.2) is 5.78 Å². The van der Waals surface area contributed by atoms with Gasteiger partial charge in [-0.1, -0.05) is 0 Å². The van der Waals surface area contributed by atoms with Gasteiger partial charge in [-0.2, -0.15) is 13.2 Å². The van der Waals surface area contributed by atoms with E-state index in [1.165, 1.54) is 12.0 Å². The summed E-state index contributed by atoms with van der Waals surface area (Å²) in [5, 5.41) is 0. The summed E-state index contributed by atoms with van der Waals surface area (Å²) >= 11 is 0. The van der Waals surface area contributed by atoms with E-state index in [1.54, 1.807) is 32.4 Å². The van der Waals surface area contributed by atoms with E-state index in [2.05, 4.69) is 0 Å². The number of ether oxygens (including phenoxy) is 2. The fourth-order valence-corrected chi connectivity index (χ4v) is 3.57. The number of benzene rings is 1. The average molecular weight is 468 g/mol. The molecule has 0 aliphatic carbocycles. The van der Waals surface area contributed by atoms with Crippen LogP contribution in [-0.2, 0) is 22.7 Å². The molecule has 2 aromatic rings. The molecule has 0 N–H and O–H groups in total. The number of rotatable bonds is 9. The maximum absolute atomic E-state index is 13.2. The minimum absolute atomic E-state index is 0.0145. The van der Waals surface area contributed by atoms with Crippen LogP contribution in [0.5, 0.6) is 0 Å². The number of Topliss-reactive ketones (excluding diaryl/α,β-unsaturated/α-hetero) is 1. The summed E-state index contributed by atoms with van der Waals surface area (Å²) in [6, 6.07) is 3.79. The largest absolute Gasteiger partial charge is 0.461 e. The first-order valence-corrected chi connectivity index (χ1v) is 10.3. The number of halogens is 3. The molecule has 1 aromatic heterocycles. The smallest absolute Gasteiger partial charge is 0.416 e. The van der Waals surface area contributed by atoms with E-state index >= 15 is 0 Å². The van der Waals surface area contributed by atoms with Gasteiger partial charge in [-0.3, -0.25) is 9.59 Å². The molecule has 0 saturated carbocycles. The van der Waals surface area contributed by atoms with Gasteiger partial charge >= 0.3 is 12.1 Å². The zero-order valence-electron chi connectivity index (χ0n) is 19.2. The van der Waals surface area contributed by atoms with E-state index in [0.29, 0.717) is 16.8 Å². The topological polar surface area (TPSA) is 77.8 Å². The highest BCUT2D eigenvalue weighted by Gasteiger charge is 2.31. The second-order valence-corrected chi connectivity index (χ2v) is 7.43. The number of amides is 1. The lowest BCUT2D eigenvalue weighted by Gasteiger charge is -2.22. The van der Waals surface area contributed by atoms with Crippen molar-refractivity contribution < 1.29 is 37.0 Å². The molecule has 0 unspecified atom stereocenters. The molecule has 0 spiro atoms. The normalized spacial score (nSPS) is 11.4. The lowest BCUT2D eigenvalue weighted by atomic mass is 10.0. The minimum atomic E-state index is -4.52. The van der Waals surface area contributed by atoms with Crippen molar-refractivity contribution in [3.8, 4) is 0 Å². The number of hydrogen-bond donors (Lipinski definition) is 0. The summed E-state index contributed by atoms with van der Waals surface area (Å²) < 4.78 is 50.1. The summed E-state index contributed by atoms with van der Waals surface area (Å²) in [4.78, 5) is 39.7. The van der Waals surface area contributed by atoms with Crippen LogP contribution in [0.25, 0.3) is 0 Å². The number of nitrogens with zero attached hydrogens (tertiary/aromatic N) is 2. The third kappa shape index (κ3) is 5.81. The van der Waals surface area contributed by atoms with E-state index in [0.717, 1.165) is 24.3 Å². The first kappa shape index (κ1) is 26.1. The lowest BCUT2D eigenvalue weighted by Crippen LogP contribution is -2.38. The highest BCUT2D eigenvalue weighted by atomic mass is 19.4. The number of alkyl halides is 3. The fourth-order valence-electron chi connectivity index (χ4n) is 3.57. The summed E-state index contributed by atoms with van der Waals surface area (Å²) in [6.07, 6.45) is -4.52. The number of carbonyl (C=O) groups is 3. The zero-order valence-corrected chi connectivity index (χ0v) is 19.2. The van der Waals surface area contributed by atoms with Crippen molar-refractivity contribution in [3.05, 3.63) is 57.9 Å². The third-order valence-corrected chi connectivity index (χ3v) is 5.32. The van der Waals surface area contributed by atoms with Gasteiger partial charge in [0.1, 0.15) is 5.69 Å². The molecule has 0 aliphatic heterocycles. The number of aromatic nitrogens is 1. The van der Waals surface area contributed by atoms with Crippen LogP contribution >= 0.6 is 0 Å². The Hall–Kier alpha value is -3.14. The Labute approximate surface area is 190 Å². The van der Waals surface area contributed by atoms with Crippen molar-refractivity contribution in [2.45, 2.75) is 26.9 Å². The second-order valence-electron chi connectivity index (χ2n) is 7.43. The molecule has 0 bridgehead atoms. The van der Waals surface area contributed by atoms with Crippen molar-refractivity contribution in [1.82, 2.24) is 9.47 Å². The highest BCUT2D eigenvalue weighted by Crippen LogP contribution is 2.29. The number of methoxy groups -OCH3 is 1. The van der Waals surface area contributed by atoms with Gasteiger partial charge in [-0.15, -0.1) is 0 Å². The molecule has 1 aromatic carbocycles. The summed E-state index contributed by atoms with van der Waals surface area (Å²) in [5.41, 5.74) is 0.654. The predicted octanol–water partition coefficient (Wildman–Crippen LogP) is 3.81. The second kappa shape index (κ2) is 10.7. The molecule has 0 atom stereocenters. The quantitative estimate of drug-likeness (QED) is 0.413. The van der Waals surface area contributed by atoms with Crippen molar-refractivity contribution in [3.63, 3.8) is 0 Å². The van der Waals surface area contributed by atoms with Crippen LogP contribution in [0, 0.1) is 13.8 Å². The summed E-state index contributed by atoms with van der Waals surface area (Å²) in [6.45, 7) is 5.01. The highest BCUT2D eigenvalue weighted by molar-refractivity contribution is 6.06. The van der Waals surface area contributed by atoms with Crippen molar-refractivity contribution in [2.75, 3.05) is 33.4 Å². The molecule has 0 saturated heterocycles. The van der Waals surface area contributed by atoms with E-state index in [1.807, 2.05) is 0 Å². The van der Waals surface area contributed by atoms with Crippen LogP contribution in [0.3, 0.4) is 0 Å². The maximum Gasteiger partial charge on any atom is 0.416 e. The van der Waals surface area contributed by atoms with Crippen LogP contribution < -0.4 is 0 Å². The molecular weight excluding hydrogens is 441 g/mol. The Morgan fingerprint density at radius 1 is 1.09 bits per heavy atom. The number of carbonyl (C=O) groups excluding carboxylic acids is 3. The van der Waals surface area contributed by atoms with Gasteiger partial charge in [-0.05, 0) is 50.6 Å². The molecule has 180 valence electrons. The Kier molecular flexibility index (Phi) is 8.43. The standard InChI is InChI=1S/C23H27F3N2O5/c1-6-33-22(31)20-14(2)19(15(3)27(20)4)18(29)13-28(11-12-32-5)21(30)16-7-9-17(10-8-16)23(24,25)26/h7-10H,6,11-13H2,1-5H3. The molecule has 1 amide bonds. The average Bonchev–Trinajstić information content (AvgIpc) is 2.98. The number of hydrogen-bond acceptors (Lipinski definition) is 5. The summed E-state index contributed by atoms with van der Waals surface area (Å²) in [5.74, 6) is -1.57. The van der Waals surface area contributed by atoms with Gasteiger partial charge in [0, 0.05) is 37.5 Å². The third-order valence-electron chi connectivity index (χ3n) is 5.32. The van der Waals surface area contributed by atoms with Crippen molar-refractivity contribution in [1.29, 1.82) is 0 Å². The van der Waals surface area contributed by atoms with Gasteiger partial charge in [0.2, 0.25) is 0 Å². The van der Waals surface area contributed by atoms with E-state index in [9.17, 15) is 27.6 Å².